The summed E-state index contributed by atoms with van der Waals surface area (Å²) >= 11 is 11.8. The van der Waals surface area contributed by atoms with E-state index in [-0.39, 0.29) is 29.4 Å². The Morgan fingerprint density at radius 2 is 1.85 bits per heavy atom. The third-order valence-corrected chi connectivity index (χ3v) is 4.65. The minimum atomic E-state index is -4.56. The molecule has 0 saturated carbocycles. The molecular formula is C18H15Cl2F3N2O. The molecule has 0 saturated heterocycles. The van der Waals surface area contributed by atoms with Gasteiger partial charge in [-0.3, -0.25) is 9.69 Å². The van der Waals surface area contributed by atoms with Crippen molar-refractivity contribution in [2.45, 2.75) is 18.6 Å². The van der Waals surface area contributed by atoms with E-state index in [1.54, 1.807) is 24.3 Å². The molecule has 138 valence electrons. The summed E-state index contributed by atoms with van der Waals surface area (Å²) in [4.78, 5) is 13.2. The normalized spacial score (nSPS) is 18.2. The van der Waals surface area contributed by atoms with Crippen LogP contribution >= 0.6 is 23.2 Å². The number of hydrogen-bond acceptors (Lipinski definition) is 2. The molecule has 1 N–H and O–H groups in total. The fraction of sp³-hybridized carbons (Fsp3) is 0.278. The number of fused-ring (bicyclic) bond motifs is 1. The summed E-state index contributed by atoms with van der Waals surface area (Å²) in [6.45, 7) is -0.319. The van der Waals surface area contributed by atoms with Crippen molar-refractivity contribution >= 4 is 34.8 Å². The minimum Gasteiger partial charge on any atom is -0.325 e. The lowest BCUT2D eigenvalue weighted by Crippen LogP contribution is -2.41. The summed E-state index contributed by atoms with van der Waals surface area (Å²) in [7, 11) is 0. The van der Waals surface area contributed by atoms with Crippen LogP contribution < -0.4 is 5.32 Å². The lowest BCUT2D eigenvalue weighted by atomic mass is 10.0. The smallest absolute Gasteiger partial charge is 0.325 e. The van der Waals surface area contributed by atoms with Gasteiger partial charge < -0.3 is 5.32 Å². The van der Waals surface area contributed by atoms with Gasteiger partial charge in [0.05, 0.1) is 6.54 Å². The van der Waals surface area contributed by atoms with Crippen LogP contribution in [0.3, 0.4) is 0 Å². The van der Waals surface area contributed by atoms with Crippen molar-refractivity contribution in [1.82, 2.24) is 4.90 Å². The van der Waals surface area contributed by atoms with Crippen LogP contribution in [0.2, 0.25) is 10.0 Å². The Kier molecular flexibility index (Phi) is 5.46. The molecule has 26 heavy (non-hydrogen) atoms. The zero-order chi connectivity index (χ0) is 18.9. The van der Waals surface area contributed by atoms with Gasteiger partial charge in [0.2, 0.25) is 5.91 Å². The predicted molar refractivity (Wildman–Crippen MR) is 95.6 cm³/mol. The number of amides is 1. The lowest BCUT2D eigenvalue weighted by Gasteiger charge is -2.31. The number of nitrogens with zero attached hydrogens (tertiary/aromatic N) is 1. The average Bonchev–Trinajstić information content (AvgIpc) is 2.67. The molecular weight excluding hydrogens is 388 g/mol. The van der Waals surface area contributed by atoms with E-state index < -0.39 is 18.1 Å². The number of alkyl halides is 3. The van der Waals surface area contributed by atoms with Crippen LogP contribution in [0.1, 0.15) is 17.2 Å². The highest BCUT2D eigenvalue weighted by atomic mass is 35.5. The third kappa shape index (κ3) is 4.31. The fourth-order valence-electron chi connectivity index (χ4n) is 3.09. The summed E-state index contributed by atoms with van der Waals surface area (Å²) in [5.74, 6) is -0.494. The molecule has 0 aliphatic carbocycles. The summed E-state index contributed by atoms with van der Waals surface area (Å²) < 4.78 is 41.6. The number of carbonyl (C=O) groups is 1. The van der Waals surface area contributed by atoms with Gasteiger partial charge in [0.25, 0.3) is 0 Å². The molecule has 0 spiro atoms. The predicted octanol–water partition coefficient (Wildman–Crippen LogP) is 5.09. The third-order valence-electron chi connectivity index (χ3n) is 4.18. The second-order valence-corrected chi connectivity index (χ2v) is 6.95. The number of carbonyl (C=O) groups excluding carboxylic acids is 1. The highest BCUT2D eigenvalue weighted by Crippen LogP contribution is 2.43. The molecule has 1 atom stereocenters. The van der Waals surface area contributed by atoms with Gasteiger partial charge in [-0.15, -0.1) is 0 Å². The summed E-state index contributed by atoms with van der Waals surface area (Å²) in [5.41, 5.74) is 0.878. The number of anilines is 1. The summed E-state index contributed by atoms with van der Waals surface area (Å²) in [6, 6.07) is 9.11. The van der Waals surface area contributed by atoms with Crippen LogP contribution in [0, 0.1) is 0 Å². The first kappa shape index (κ1) is 19.0. The molecule has 0 fully saturated rings. The van der Waals surface area contributed by atoms with Gasteiger partial charge in [-0.1, -0.05) is 35.3 Å². The molecule has 1 amide bonds. The summed E-state index contributed by atoms with van der Waals surface area (Å²) in [5, 5.41) is 3.23. The van der Waals surface area contributed by atoms with E-state index in [2.05, 4.69) is 5.32 Å². The molecule has 3 nitrogen and oxygen atoms in total. The Labute approximate surface area is 158 Å². The highest BCUT2D eigenvalue weighted by molar-refractivity contribution is 6.31. The van der Waals surface area contributed by atoms with Crippen molar-refractivity contribution in [3.8, 4) is 0 Å². The van der Waals surface area contributed by atoms with E-state index in [0.29, 0.717) is 11.4 Å². The van der Waals surface area contributed by atoms with Gasteiger partial charge in [-0.05, 0) is 42.3 Å². The quantitative estimate of drug-likeness (QED) is 0.774. The van der Waals surface area contributed by atoms with Gasteiger partial charge in [0.1, 0.15) is 6.04 Å². The van der Waals surface area contributed by atoms with E-state index in [0.717, 1.165) is 10.5 Å². The highest BCUT2D eigenvalue weighted by Gasteiger charge is 2.47. The van der Waals surface area contributed by atoms with Crippen molar-refractivity contribution in [3.63, 3.8) is 0 Å². The molecule has 2 aromatic rings. The first-order valence-corrected chi connectivity index (χ1v) is 8.64. The maximum Gasteiger partial charge on any atom is 0.408 e. The van der Waals surface area contributed by atoms with E-state index in [4.69, 9.17) is 23.2 Å². The largest absolute Gasteiger partial charge is 0.408 e. The molecule has 1 heterocycles. The van der Waals surface area contributed by atoms with E-state index in [1.807, 2.05) is 0 Å². The van der Waals surface area contributed by atoms with Crippen LogP contribution in [0.4, 0.5) is 18.9 Å². The van der Waals surface area contributed by atoms with Gasteiger partial charge in [-0.25, -0.2) is 0 Å². The molecule has 8 heteroatoms. The second-order valence-electron chi connectivity index (χ2n) is 6.07. The minimum absolute atomic E-state index is 0.0455. The molecule has 1 unspecified atom stereocenters. The first-order valence-electron chi connectivity index (χ1n) is 7.88. The standard InChI is InChI=1S/C18H15Cl2F3N2O/c19-12-3-1-2-11(8-12)6-7-25-10-16(26)24-15-5-4-13(20)9-14(15)17(25)18(21,22)23/h1-5,8-9,17H,6-7,10H2,(H,24,26). The van der Waals surface area contributed by atoms with Gasteiger partial charge in [0.15, 0.2) is 0 Å². The molecule has 1 aliphatic heterocycles. The molecule has 0 bridgehead atoms. The molecule has 0 aromatic heterocycles. The second kappa shape index (κ2) is 7.47. The Morgan fingerprint density at radius 1 is 1.12 bits per heavy atom. The Hall–Kier alpha value is -1.76. The van der Waals surface area contributed by atoms with Crippen molar-refractivity contribution in [1.29, 1.82) is 0 Å². The van der Waals surface area contributed by atoms with Crippen molar-refractivity contribution < 1.29 is 18.0 Å². The van der Waals surface area contributed by atoms with E-state index in [9.17, 15) is 18.0 Å². The first-order chi connectivity index (χ1) is 12.2. The monoisotopic (exact) mass is 402 g/mol. The SMILES string of the molecule is O=C1CN(CCc2cccc(Cl)c2)C(C(F)(F)F)c2cc(Cl)ccc2N1. The Morgan fingerprint density at radius 3 is 2.54 bits per heavy atom. The number of nitrogens with one attached hydrogen (secondary N) is 1. The van der Waals surface area contributed by atoms with Crippen LogP contribution in [0.15, 0.2) is 42.5 Å². The summed E-state index contributed by atoms with van der Waals surface area (Å²) in [6.07, 6.45) is -4.23. The van der Waals surface area contributed by atoms with Crippen LogP contribution in [-0.4, -0.2) is 30.1 Å². The zero-order valence-electron chi connectivity index (χ0n) is 13.5. The number of hydrogen-bond donors (Lipinski definition) is 1. The fourth-order valence-corrected chi connectivity index (χ4v) is 3.49. The van der Waals surface area contributed by atoms with Gasteiger partial charge in [-0.2, -0.15) is 13.2 Å². The molecule has 3 rings (SSSR count). The number of benzene rings is 2. The molecule has 2 aromatic carbocycles. The number of rotatable bonds is 3. The van der Waals surface area contributed by atoms with Crippen LogP contribution in [0.5, 0.6) is 0 Å². The van der Waals surface area contributed by atoms with Gasteiger partial charge >= 0.3 is 6.18 Å². The van der Waals surface area contributed by atoms with Crippen LogP contribution in [0.25, 0.3) is 0 Å². The molecule has 1 aliphatic rings. The topological polar surface area (TPSA) is 32.3 Å². The molecule has 0 radical (unpaired) electrons. The lowest BCUT2D eigenvalue weighted by molar-refractivity contribution is -0.186. The van der Waals surface area contributed by atoms with E-state index in [1.165, 1.54) is 18.2 Å². The van der Waals surface area contributed by atoms with Crippen molar-refractivity contribution in [3.05, 3.63) is 63.6 Å². The Bertz CT molecular complexity index is 826. The maximum absolute atomic E-state index is 13.9. The van der Waals surface area contributed by atoms with Crippen LogP contribution in [-0.2, 0) is 11.2 Å². The average molecular weight is 403 g/mol. The number of halogens is 5. The van der Waals surface area contributed by atoms with E-state index >= 15 is 0 Å². The maximum atomic E-state index is 13.9. The van der Waals surface area contributed by atoms with Crippen molar-refractivity contribution in [2.75, 3.05) is 18.4 Å². The van der Waals surface area contributed by atoms with Gasteiger partial charge in [0, 0.05) is 27.8 Å². The zero-order valence-corrected chi connectivity index (χ0v) is 15.0. The van der Waals surface area contributed by atoms with Crippen molar-refractivity contribution in [2.24, 2.45) is 0 Å². The Balaban J connectivity index is 1.94.